The van der Waals surface area contributed by atoms with Crippen LogP contribution in [0, 0.1) is 0 Å². The molecule has 0 fully saturated rings. The summed E-state index contributed by atoms with van der Waals surface area (Å²) < 4.78 is 4.69. The number of esters is 1. The lowest BCUT2D eigenvalue weighted by Gasteiger charge is -2.03. The molecule has 0 unspecified atom stereocenters. The first-order valence-electron chi connectivity index (χ1n) is 8.16. The van der Waals surface area contributed by atoms with E-state index in [2.05, 4.69) is 10.3 Å². The summed E-state index contributed by atoms with van der Waals surface area (Å²) in [5.41, 5.74) is 3.06. The zero-order chi connectivity index (χ0) is 19.2. The molecular formula is C20H18N2O3S2. The highest BCUT2D eigenvalue weighted by atomic mass is 32.2. The molecule has 27 heavy (non-hydrogen) atoms. The SMILES string of the molecule is COC(=O)c1ccc(-c2csc(NC(=O)Cc3ccc(SC)cc3)n2)cc1. The first-order valence-corrected chi connectivity index (χ1v) is 10.3. The van der Waals surface area contributed by atoms with Crippen molar-refractivity contribution in [3.8, 4) is 11.3 Å². The number of benzene rings is 2. The molecular weight excluding hydrogens is 380 g/mol. The summed E-state index contributed by atoms with van der Waals surface area (Å²) in [5.74, 6) is -0.479. The zero-order valence-electron chi connectivity index (χ0n) is 14.9. The van der Waals surface area contributed by atoms with Crippen LogP contribution in [0.1, 0.15) is 15.9 Å². The molecule has 0 radical (unpaired) electrons. The van der Waals surface area contributed by atoms with Crippen molar-refractivity contribution >= 4 is 40.1 Å². The van der Waals surface area contributed by atoms with Gasteiger partial charge in [0, 0.05) is 15.8 Å². The van der Waals surface area contributed by atoms with Gasteiger partial charge in [0.2, 0.25) is 5.91 Å². The first kappa shape index (κ1) is 19.1. The van der Waals surface area contributed by atoms with Gasteiger partial charge >= 0.3 is 5.97 Å². The number of nitrogens with zero attached hydrogens (tertiary/aromatic N) is 1. The Morgan fingerprint density at radius 2 is 1.81 bits per heavy atom. The number of carbonyl (C=O) groups excluding carboxylic acids is 2. The molecule has 0 aliphatic carbocycles. The number of methoxy groups -OCH3 is 1. The Balaban J connectivity index is 1.63. The van der Waals surface area contributed by atoms with Crippen molar-refractivity contribution in [1.29, 1.82) is 0 Å². The lowest BCUT2D eigenvalue weighted by atomic mass is 10.1. The largest absolute Gasteiger partial charge is 0.465 e. The Hall–Kier alpha value is -2.64. The molecule has 0 spiro atoms. The summed E-state index contributed by atoms with van der Waals surface area (Å²) in [7, 11) is 1.35. The Bertz CT molecular complexity index is 935. The number of carbonyl (C=O) groups is 2. The molecule has 7 heteroatoms. The number of thioether (sulfide) groups is 1. The van der Waals surface area contributed by atoms with Crippen LogP contribution in [0.5, 0.6) is 0 Å². The van der Waals surface area contributed by atoms with Crippen molar-refractivity contribution in [2.24, 2.45) is 0 Å². The fourth-order valence-corrected chi connectivity index (χ4v) is 3.60. The number of amides is 1. The summed E-state index contributed by atoms with van der Waals surface area (Å²) in [6.07, 6.45) is 2.32. The fourth-order valence-electron chi connectivity index (χ4n) is 2.45. The van der Waals surface area contributed by atoms with Crippen molar-refractivity contribution in [2.75, 3.05) is 18.7 Å². The van der Waals surface area contributed by atoms with Crippen LogP contribution < -0.4 is 5.32 Å². The van der Waals surface area contributed by atoms with E-state index in [1.807, 2.05) is 35.9 Å². The van der Waals surface area contributed by atoms with Crippen LogP contribution in [0.15, 0.2) is 58.8 Å². The van der Waals surface area contributed by atoms with Gasteiger partial charge in [-0.2, -0.15) is 0 Å². The quantitative estimate of drug-likeness (QED) is 0.489. The van der Waals surface area contributed by atoms with Gasteiger partial charge < -0.3 is 10.1 Å². The maximum atomic E-state index is 12.2. The summed E-state index contributed by atoms with van der Waals surface area (Å²) in [6.45, 7) is 0. The van der Waals surface area contributed by atoms with Crippen molar-refractivity contribution in [3.05, 3.63) is 65.0 Å². The average molecular weight is 399 g/mol. The van der Waals surface area contributed by atoms with Crippen LogP contribution in [0.2, 0.25) is 0 Å². The molecule has 0 atom stereocenters. The molecule has 3 rings (SSSR count). The number of anilines is 1. The molecule has 1 amide bonds. The molecule has 1 heterocycles. The number of hydrogen-bond donors (Lipinski definition) is 1. The van der Waals surface area contributed by atoms with Crippen LogP contribution in [-0.2, 0) is 16.0 Å². The van der Waals surface area contributed by atoms with E-state index >= 15 is 0 Å². The number of thiazole rings is 1. The molecule has 0 saturated carbocycles. The van der Waals surface area contributed by atoms with Crippen molar-refractivity contribution < 1.29 is 14.3 Å². The van der Waals surface area contributed by atoms with Crippen LogP contribution in [-0.4, -0.2) is 30.2 Å². The second kappa shape index (κ2) is 8.83. The number of ether oxygens (including phenoxy) is 1. The predicted octanol–water partition coefficient (Wildman–Crippen LogP) is 4.50. The number of hydrogen-bond acceptors (Lipinski definition) is 6. The highest BCUT2D eigenvalue weighted by molar-refractivity contribution is 7.98. The average Bonchev–Trinajstić information content (AvgIpc) is 3.16. The Morgan fingerprint density at radius 3 is 2.44 bits per heavy atom. The second-order valence-corrected chi connectivity index (χ2v) is 7.42. The van der Waals surface area contributed by atoms with Gasteiger partial charge in [0.25, 0.3) is 0 Å². The van der Waals surface area contributed by atoms with E-state index in [0.717, 1.165) is 16.8 Å². The van der Waals surface area contributed by atoms with Crippen molar-refractivity contribution in [1.82, 2.24) is 4.98 Å². The number of aromatic nitrogens is 1. The minimum absolute atomic E-state index is 0.103. The maximum Gasteiger partial charge on any atom is 0.337 e. The zero-order valence-corrected chi connectivity index (χ0v) is 16.5. The van der Waals surface area contributed by atoms with Crippen molar-refractivity contribution in [2.45, 2.75) is 11.3 Å². The summed E-state index contributed by atoms with van der Waals surface area (Å²) in [6, 6.07) is 14.9. The van der Waals surface area contributed by atoms with E-state index in [1.165, 1.54) is 23.3 Å². The maximum absolute atomic E-state index is 12.2. The third-order valence-electron chi connectivity index (χ3n) is 3.88. The molecule has 0 aliphatic rings. The topological polar surface area (TPSA) is 68.3 Å². The summed E-state index contributed by atoms with van der Waals surface area (Å²) in [4.78, 5) is 29.3. The fraction of sp³-hybridized carbons (Fsp3) is 0.150. The van der Waals surface area contributed by atoms with E-state index in [9.17, 15) is 9.59 Å². The Kier molecular flexibility index (Phi) is 6.26. The van der Waals surface area contributed by atoms with Crippen molar-refractivity contribution in [3.63, 3.8) is 0 Å². The Labute approximate surface area is 165 Å². The molecule has 3 aromatic rings. The van der Waals surface area contributed by atoms with Gasteiger partial charge in [0.15, 0.2) is 5.13 Å². The minimum Gasteiger partial charge on any atom is -0.465 e. The van der Waals surface area contributed by atoms with Crippen LogP contribution in [0.3, 0.4) is 0 Å². The van der Waals surface area contributed by atoms with E-state index in [-0.39, 0.29) is 11.9 Å². The van der Waals surface area contributed by atoms with Gasteiger partial charge in [0.05, 0.1) is 24.8 Å². The summed E-state index contributed by atoms with van der Waals surface area (Å²) >= 11 is 3.04. The van der Waals surface area contributed by atoms with E-state index in [1.54, 1.807) is 36.0 Å². The number of rotatable bonds is 6. The molecule has 0 bridgehead atoms. The number of nitrogens with one attached hydrogen (secondary N) is 1. The van der Waals surface area contributed by atoms with Crippen LogP contribution in [0.25, 0.3) is 11.3 Å². The molecule has 1 N–H and O–H groups in total. The monoisotopic (exact) mass is 398 g/mol. The molecule has 0 saturated heterocycles. The van der Waals surface area contributed by atoms with Gasteiger partial charge in [-0.3, -0.25) is 4.79 Å². The van der Waals surface area contributed by atoms with Gasteiger partial charge in [0.1, 0.15) is 0 Å². The summed E-state index contributed by atoms with van der Waals surface area (Å²) in [5, 5.41) is 5.26. The van der Waals surface area contributed by atoms with Gasteiger partial charge in [-0.1, -0.05) is 24.3 Å². The normalized spacial score (nSPS) is 10.4. The third-order valence-corrected chi connectivity index (χ3v) is 5.38. The molecule has 5 nitrogen and oxygen atoms in total. The third kappa shape index (κ3) is 4.96. The van der Waals surface area contributed by atoms with E-state index in [0.29, 0.717) is 17.1 Å². The highest BCUT2D eigenvalue weighted by Gasteiger charge is 2.10. The smallest absolute Gasteiger partial charge is 0.337 e. The molecule has 138 valence electrons. The van der Waals surface area contributed by atoms with E-state index in [4.69, 9.17) is 4.74 Å². The van der Waals surface area contributed by atoms with Crippen LogP contribution >= 0.6 is 23.1 Å². The molecule has 1 aromatic heterocycles. The minimum atomic E-state index is -0.377. The standard InChI is InChI=1S/C20H18N2O3S2/c1-25-19(24)15-7-5-14(6-8-15)17-12-27-20(21-17)22-18(23)11-13-3-9-16(26-2)10-4-13/h3-10,12H,11H2,1-2H3,(H,21,22,23). The highest BCUT2D eigenvalue weighted by Crippen LogP contribution is 2.25. The lowest BCUT2D eigenvalue weighted by molar-refractivity contribution is -0.115. The second-order valence-electron chi connectivity index (χ2n) is 5.68. The van der Waals surface area contributed by atoms with Crippen LogP contribution in [0.4, 0.5) is 5.13 Å². The van der Waals surface area contributed by atoms with Gasteiger partial charge in [-0.15, -0.1) is 23.1 Å². The van der Waals surface area contributed by atoms with Gasteiger partial charge in [-0.05, 0) is 36.1 Å². The Morgan fingerprint density at radius 1 is 1.11 bits per heavy atom. The van der Waals surface area contributed by atoms with E-state index < -0.39 is 0 Å². The predicted molar refractivity (Wildman–Crippen MR) is 109 cm³/mol. The van der Waals surface area contributed by atoms with Gasteiger partial charge in [-0.25, -0.2) is 9.78 Å². The first-order chi connectivity index (χ1) is 13.1. The lowest BCUT2D eigenvalue weighted by Crippen LogP contribution is -2.14. The molecule has 2 aromatic carbocycles. The molecule has 0 aliphatic heterocycles.